The highest BCUT2D eigenvalue weighted by atomic mass is 31.2. The second-order valence-corrected chi connectivity index (χ2v) is 10.1. The van der Waals surface area contributed by atoms with E-state index >= 15 is 0 Å². The quantitative estimate of drug-likeness (QED) is 0.456. The van der Waals surface area contributed by atoms with Gasteiger partial charge in [-0.25, -0.2) is 0 Å². The minimum atomic E-state index is -3.82. The van der Waals surface area contributed by atoms with Crippen molar-refractivity contribution in [3.63, 3.8) is 0 Å². The number of carbonyl (C=O) groups is 1. The Hall–Kier alpha value is -1.92. The molecule has 1 aromatic carbocycles. The van der Waals surface area contributed by atoms with E-state index in [-0.39, 0.29) is 19.1 Å². The van der Waals surface area contributed by atoms with Gasteiger partial charge in [-0.15, -0.1) is 0 Å². The summed E-state index contributed by atoms with van der Waals surface area (Å²) in [4.78, 5) is 24.7. The van der Waals surface area contributed by atoms with Crippen molar-refractivity contribution in [1.82, 2.24) is 4.90 Å². The second kappa shape index (κ2) is 8.62. The van der Waals surface area contributed by atoms with Gasteiger partial charge in [0.2, 0.25) is 7.37 Å². The van der Waals surface area contributed by atoms with Gasteiger partial charge in [0.1, 0.15) is 0 Å². The number of nitrogens with zero attached hydrogens (tertiary/aromatic N) is 1. The van der Waals surface area contributed by atoms with Crippen molar-refractivity contribution in [1.29, 1.82) is 0 Å². The fourth-order valence-corrected chi connectivity index (χ4v) is 6.13. The number of furan rings is 1. The molecule has 1 saturated heterocycles. The minimum absolute atomic E-state index is 0.0181. The molecular weight excluding hydrogens is 379 g/mol. The van der Waals surface area contributed by atoms with E-state index < -0.39 is 18.5 Å². The average Bonchev–Trinajstić information content (AvgIpc) is 3.19. The van der Waals surface area contributed by atoms with Crippen molar-refractivity contribution in [3.8, 4) is 11.1 Å². The van der Waals surface area contributed by atoms with Crippen LogP contribution in [0.1, 0.15) is 24.8 Å². The van der Waals surface area contributed by atoms with Gasteiger partial charge >= 0.3 is 5.97 Å². The van der Waals surface area contributed by atoms with Crippen LogP contribution in [-0.2, 0) is 15.9 Å². The summed E-state index contributed by atoms with van der Waals surface area (Å²) < 4.78 is 18.1. The van der Waals surface area contributed by atoms with E-state index in [9.17, 15) is 19.4 Å². The van der Waals surface area contributed by atoms with Crippen molar-refractivity contribution < 1.29 is 23.8 Å². The van der Waals surface area contributed by atoms with E-state index in [2.05, 4.69) is 0 Å². The standard InChI is InChI=1S/C20H27N2O5P/c21-9-4-3-8-20(19(23)24)15-22(10-12-28(20,25)26)13-16-5-1-2-6-18(16)17-7-11-27-14-17/h1-2,5-7,11,14H,3-4,8-10,12-13,15,21H2,(H,23,24)(H,25,26). The molecule has 1 aliphatic heterocycles. The lowest BCUT2D eigenvalue weighted by Crippen LogP contribution is -2.53. The Morgan fingerprint density at radius 2 is 2.07 bits per heavy atom. The molecule has 2 aromatic rings. The molecule has 0 aliphatic carbocycles. The third-order valence-electron chi connectivity index (χ3n) is 5.56. The van der Waals surface area contributed by atoms with Gasteiger partial charge in [0.05, 0.1) is 12.5 Å². The first-order valence-electron chi connectivity index (χ1n) is 9.48. The van der Waals surface area contributed by atoms with Crippen molar-refractivity contribution in [2.75, 3.05) is 25.8 Å². The molecule has 0 bridgehead atoms. The summed E-state index contributed by atoms with van der Waals surface area (Å²) in [7, 11) is -3.82. The molecule has 7 nitrogen and oxygen atoms in total. The van der Waals surface area contributed by atoms with Crippen LogP contribution in [0, 0.1) is 0 Å². The van der Waals surface area contributed by atoms with Crippen LogP contribution < -0.4 is 5.73 Å². The molecule has 2 unspecified atom stereocenters. The summed E-state index contributed by atoms with van der Waals surface area (Å²) in [6.07, 6.45) is 4.58. The summed E-state index contributed by atoms with van der Waals surface area (Å²) in [6, 6.07) is 9.74. The van der Waals surface area contributed by atoms with Gasteiger partial charge in [-0.1, -0.05) is 30.7 Å². The number of hydrogen-bond acceptors (Lipinski definition) is 5. The fourth-order valence-electron chi connectivity index (χ4n) is 3.92. The topological polar surface area (TPSA) is 117 Å². The highest BCUT2D eigenvalue weighted by Crippen LogP contribution is 2.59. The zero-order valence-corrected chi connectivity index (χ0v) is 16.7. The molecular formula is C20H27N2O5P. The number of rotatable bonds is 8. The average molecular weight is 406 g/mol. The third kappa shape index (κ3) is 4.08. The molecule has 2 atom stereocenters. The molecule has 28 heavy (non-hydrogen) atoms. The van der Waals surface area contributed by atoms with Crippen LogP contribution in [-0.4, -0.2) is 51.8 Å². The minimum Gasteiger partial charge on any atom is -0.480 e. The van der Waals surface area contributed by atoms with Crippen LogP contribution in [0.4, 0.5) is 0 Å². The first kappa shape index (κ1) is 20.8. The molecule has 1 aliphatic rings. The van der Waals surface area contributed by atoms with Gasteiger partial charge in [-0.3, -0.25) is 14.3 Å². The smallest absolute Gasteiger partial charge is 0.320 e. The second-order valence-electron chi connectivity index (χ2n) is 7.39. The van der Waals surface area contributed by atoms with Crippen LogP contribution >= 0.6 is 7.37 Å². The Balaban J connectivity index is 1.85. The van der Waals surface area contributed by atoms with Gasteiger partial charge in [-0.05, 0) is 36.6 Å². The van der Waals surface area contributed by atoms with Crippen LogP contribution in [0.5, 0.6) is 0 Å². The maximum absolute atomic E-state index is 12.9. The summed E-state index contributed by atoms with van der Waals surface area (Å²) in [6.45, 7) is 1.39. The number of hydrogen-bond donors (Lipinski definition) is 3. The number of benzene rings is 1. The fraction of sp³-hybridized carbons (Fsp3) is 0.450. The predicted molar refractivity (Wildman–Crippen MR) is 107 cm³/mol. The number of carboxylic acids is 1. The van der Waals surface area contributed by atoms with E-state index in [1.54, 1.807) is 12.5 Å². The van der Waals surface area contributed by atoms with Gasteiger partial charge in [0.25, 0.3) is 0 Å². The van der Waals surface area contributed by atoms with Crippen molar-refractivity contribution >= 4 is 13.3 Å². The molecule has 152 valence electrons. The lowest BCUT2D eigenvalue weighted by atomic mass is 9.98. The summed E-state index contributed by atoms with van der Waals surface area (Å²) in [5.74, 6) is -1.19. The van der Waals surface area contributed by atoms with E-state index in [1.165, 1.54) is 0 Å². The third-order valence-corrected chi connectivity index (χ3v) is 8.26. The SMILES string of the molecule is NCCCCC1(C(=O)O)CN(Cc2ccccc2-c2ccoc2)CCP1(=O)O. The molecule has 2 heterocycles. The Morgan fingerprint density at radius 3 is 2.75 bits per heavy atom. The number of nitrogens with two attached hydrogens (primary N) is 1. The molecule has 0 saturated carbocycles. The molecule has 0 amide bonds. The van der Waals surface area contributed by atoms with E-state index in [4.69, 9.17) is 10.2 Å². The largest absolute Gasteiger partial charge is 0.480 e. The van der Waals surface area contributed by atoms with E-state index in [1.807, 2.05) is 35.2 Å². The molecule has 1 fully saturated rings. The number of unbranched alkanes of at least 4 members (excludes halogenated alkanes) is 1. The first-order chi connectivity index (χ1) is 13.4. The zero-order valence-electron chi connectivity index (χ0n) is 15.8. The van der Waals surface area contributed by atoms with Crippen molar-refractivity contribution in [2.24, 2.45) is 5.73 Å². The summed E-state index contributed by atoms with van der Waals surface area (Å²) in [5.41, 5.74) is 8.52. The van der Waals surface area contributed by atoms with Crippen molar-refractivity contribution in [3.05, 3.63) is 48.4 Å². The monoisotopic (exact) mass is 406 g/mol. The Kier molecular flexibility index (Phi) is 6.40. The Labute approximate surface area is 164 Å². The molecule has 4 N–H and O–H groups in total. The molecule has 8 heteroatoms. The highest BCUT2D eigenvalue weighted by Gasteiger charge is 2.56. The first-order valence-corrected chi connectivity index (χ1v) is 11.3. The predicted octanol–water partition coefficient (Wildman–Crippen LogP) is 2.99. The zero-order chi connectivity index (χ0) is 20.2. The van der Waals surface area contributed by atoms with Gasteiger partial charge in [-0.2, -0.15) is 0 Å². The van der Waals surface area contributed by atoms with Crippen LogP contribution in [0.15, 0.2) is 47.3 Å². The molecule has 0 spiro atoms. The highest BCUT2D eigenvalue weighted by molar-refractivity contribution is 7.61. The van der Waals surface area contributed by atoms with E-state index in [0.29, 0.717) is 32.5 Å². The summed E-state index contributed by atoms with van der Waals surface area (Å²) >= 11 is 0. The van der Waals surface area contributed by atoms with Crippen LogP contribution in [0.2, 0.25) is 0 Å². The normalized spacial score (nSPS) is 25.6. The maximum Gasteiger partial charge on any atom is 0.320 e. The Morgan fingerprint density at radius 1 is 1.29 bits per heavy atom. The van der Waals surface area contributed by atoms with Crippen molar-refractivity contribution in [2.45, 2.75) is 31.0 Å². The lowest BCUT2D eigenvalue weighted by Gasteiger charge is -2.43. The maximum atomic E-state index is 12.9. The lowest BCUT2D eigenvalue weighted by molar-refractivity contribution is -0.141. The van der Waals surface area contributed by atoms with Gasteiger partial charge < -0.3 is 20.2 Å². The molecule has 1 aromatic heterocycles. The Bertz CT molecular complexity index is 854. The number of aliphatic carboxylic acids is 1. The van der Waals surface area contributed by atoms with E-state index in [0.717, 1.165) is 16.7 Å². The summed E-state index contributed by atoms with van der Waals surface area (Å²) in [5, 5.41) is 8.28. The van der Waals surface area contributed by atoms with Crippen LogP contribution in [0.3, 0.4) is 0 Å². The number of carboxylic acid groups (broad SMARTS) is 1. The van der Waals surface area contributed by atoms with Gasteiger partial charge in [0.15, 0.2) is 5.16 Å². The van der Waals surface area contributed by atoms with Crippen LogP contribution in [0.25, 0.3) is 11.1 Å². The van der Waals surface area contributed by atoms with Gasteiger partial charge in [0, 0.05) is 31.4 Å². The molecule has 0 radical (unpaired) electrons. The molecule has 3 rings (SSSR count).